The molecule has 1 aliphatic rings. The molecule has 0 aliphatic carbocycles. The first-order valence-electron chi connectivity index (χ1n) is 7.79. The summed E-state index contributed by atoms with van der Waals surface area (Å²) < 4.78 is 0. The van der Waals surface area contributed by atoms with Crippen molar-refractivity contribution in [3.05, 3.63) is 34.9 Å². The number of thioether (sulfide) groups is 1. The number of benzene rings is 1. The predicted molar refractivity (Wildman–Crippen MR) is 110 cm³/mol. The van der Waals surface area contributed by atoms with Crippen molar-refractivity contribution in [2.45, 2.75) is 39.2 Å². The van der Waals surface area contributed by atoms with Crippen molar-refractivity contribution < 1.29 is 0 Å². The van der Waals surface area contributed by atoms with Crippen molar-refractivity contribution in [2.24, 2.45) is 4.99 Å². The highest BCUT2D eigenvalue weighted by Gasteiger charge is 2.14. The first-order chi connectivity index (χ1) is 10.2. The lowest BCUT2D eigenvalue weighted by atomic mass is 10.1. The Bertz CT molecular complexity index is 465. The van der Waals surface area contributed by atoms with Gasteiger partial charge < -0.3 is 10.6 Å². The number of hydrogen-bond acceptors (Lipinski definition) is 2. The fraction of sp³-hybridized carbons (Fsp3) is 0.588. The maximum absolute atomic E-state index is 4.33. The number of rotatable bonds is 4. The van der Waals surface area contributed by atoms with Gasteiger partial charge in [0.25, 0.3) is 0 Å². The summed E-state index contributed by atoms with van der Waals surface area (Å²) in [4.78, 5) is 4.33. The SMILES string of the molecule is CN=C(NCCc1cc(C)cc(C)c1)NC1CCCSC1.I. The summed E-state index contributed by atoms with van der Waals surface area (Å²) in [6.07, 6.45) is 3.59. The van der Waals surface area contributed by atoms with Gasteiger partial charge in [-0.1, -0.05) is 29.3 Å². The maximum Gasteiger partial charge on any atom is 0.191 e. The number of aryl methyl sites for hydroxylation is 2. The van der Waals surface area contributed by atoms with E-state index in [2.05, 4.69) is 47.7 Å². The number of nitrogens with one attached hydrogen (secondary N) is 2. The lowest BCUT2D eigenvalue weighted by Crippen LogP contribution is -2.46. The molecule has 2 N–H and O–H groups in total. The molecule has 0 radical (unpaired) electrons. The molecule has 1 aromatic rings. The molecule has 3 nitrogen and oxygen atoms in total. The Morgan fingerprint density at radius 1 is 1.27 bits per heavy atom. The summed E-state index contributed by atoms with van der Waals surface area (Å²) in [5.74, 6) is 3.43. The Balaban J connectivity index is 0.00000242. The van der Waals surface area contributed by atoms with Crippen molar-refractivity contribution in [1.82, 2.24) is 10.6 Å². The second kappa shape index (κ2) is 10.4. The van der Waals surface area contributed by atoms with Crippen LogP contribution in [0.3, 0.4) is 0 Å². The van der Waals surface area contributed by atoms with Gasteiger partial charge in [0.15, 0.2) is 5.96 Å². The second-order valence-electron chi connectivity index (χ2n) is 5.80. The Morgan fingerprint density at radius 2 is 2.00 bits per heavy atom. The number of nitrogens with zero attached hydrogens (tertiary/aromatic N) is 1. The summed E-state index contributed by atoms with van der Waals surface area (Å²) in [7, 11) is 1.85. The van der Waals surface area contributed by atoms with Gasteiger partial charge >= 0.3 is 0 Å². The molecule has 1 saturated heterocycles. The van der Waals surface area contributed by atoms with Gasteiger partial charge in [-0.15, -0.1) is 24.0 Å². The zero-order valence-electron chi connectivity index (χ0n) is 13.8. The number of aliphatic imine (C=N–C) groups is 1. The molecule has 1 atom stereocenters. The lowest BCUT2D eigenvalue weighted by Gasteiger charge is -2.24. The van der Waals surface area contributed by atoms with E-state index in [-0.39, 0.29) is 24.0 Å². The van der Waals surface area contributed by atoms with Crippen molar-refractivity contribution in [2.75, 3.05) is 25.1 Å². The van der Waals surface area contributed by atoms with E-state index in [1.54, 1.807) is 0 Å². The lowest BCUT2D eigenvalue weighted by molar-refractivity contribution is 0.582. The summed E-state index contributed by atoms with van der Waals surface area (Å²) in [6, 6.07) is 7.32. The Kier molecular flexibility index (Phi) is 9.24. The highest BCUT2D eigenvalue weighted by atomic mass is 127. The molecule has 1 aliphatic heterocycles. The van der Waals surface area contributed by atoms with E-state index < -0.39 is 0 Å². The van der Waals surface area contributed by atoms with Crippen molar-refractivity contribution in [3.8, 4) is 0 Å². The van der Waals surface area contributed by atoms with E-state index >= 15 is 0 Å². The van der Waals surface area contributed by atoms with Crippen LogP contribution in [0.25, 0.3) is 0 Å². The third kappa shape index (κ3) is 6.77. The summed E-state index contributed by atoms with van der Waals surface area (Å²) in [5, 5.41) is 6.97. The first kappa shape index (κ1) is 19.6. The second-order valence-corrected chi connectivity index (χ2v) is 6.95. The van der Waals surface area contributed by atoms with Crippen LogP contribution in [0.1, 0.15) is 29.5 Å². The van der Waals surface area contributed by atoms with Crippen LogP contribution < -0.4 is 10.6 Å². The molecule has 1 fully saturated rings. The molecule has 124 valence electrons. The number of halogens is 1. The minimum atomic E-state index is 0. The molecule has 22 heavy (non-hydrogen) atoms. The molecule has 0 bridgehead atoms. The summed E-state index contributed by atoms with van der Waals surface area (Å²) >= 11 is 2.03. The van der Waals surface area contributed by atoms with Crippen LogP contribution in [0.4, 0.5) is 0 Å². The summed E-state index contributed by atoms with van der Waals surface area (Å²) in [6.45, 7) is 5.23. The third-order valence-electron chi connectivity index (χ3n) is 3.71. The van der Waals surface area contributed by atoms with Crippen LogP contribution >= 0.6 is 35.7 Å². The van der Waals surface area contributed by atoms with Crippen molar-refractivity contribution in [3.63, 3.8) is 0 Å². The first-order valence-corrected chi connectivity index (χ1v) is 8.95. The monoisotopic (exact) mass is 433 g/mol. The predicted octanol–water partition coefficient (Wildman–Crippen LogP) is 3.52. The normalized spacial score (nSPS) is 18.5. The van der Waals surface area contributed by atoms with E-state index in [0.717, 1.165) is 18.9 Å². The molecule has 0 saturated carbocycles. The average Bonchev–Trinajstić information content (AvgIpc) is 2.46. The zero-order chi connectivity index (χ0) is 15.1. The van der Waals surface area contributed by atoms with Gasteiger partial charge in [-0.05, 0) is 44.4 Å². The molecule has 0 spiro atoms. The third-order valence-corrected chi connectivity index (χ3v) is 4.93. The Hall–Kier alpha value is -0.430. The Morgan fingerprint density at radius 3 is 2.59 bits per heavy atom. The maximum atomic E-state index is 4.33. The van der Waals surface area contributed by atoms with Gasteiger partial charge in [0.2, 0.25) is 0 Å². The smallest absolute Gasteiger partial charge is 0.191 e. The van der Waals surface area contributed by atoms with Crippen LogP contribution in [-0.2, 0) is 6.42 Å². The quantitative estimate of drug-likeness (QED) is 0.434. The van der Waals surface area contributed by atoms with Crippen LogP contribution in [0.15, 0.2) is 23.2 Å². The molecule has 0 amide bonds. The van der Waals surface area contributed by atoms with E-state index in [4.69, 9.17) is 0 Å². The van der Waals surface area contributed by atoms with Crippen LogP contribution in [-0.4, -0.2) is 37.1 Å². The van der Waals surface area contributed by atoms with Gasteiger partial charge in [-0.3, -0.25) is 4.99 Å². The molecule has 1 unspecified atom stereocenters. The zero-order valence-corrected chi connectivity index (χ0v) is 17.0. The molecule has 1 aromatic carbocycles. The summed E-state index contributed by atoms with van der Waals surface area (Å²) in [5.41, 5.74) is 4.07. The van der Waals surface area contributed by atoms with E-state index in [1.165, 1.54) is 41.0 Å². The largest absolute Gasteiger partial charge is 0.356 e. The van der Waals surface area contributed by atoms with Gasteiger partial charge in [-0.25, -0.2) is 0 Å². The fourth-order valence-electron chi connectivity index (χ4n) is 2.78. The molecular formula is C17H28IN3S. The van der Waals surface area contributed by atoms with Crippen LogP contribution in [0.2, 0.25) is 0 Å². The number of hydrogen-bond donors (Lipinski definition) is 2. The van der Waals surface area contributed by atoms with E-state index in [0.29, 0.717) is 6.04 Å². The molecule has 1 heterocycles. The molecule has 2 rings (SSSR count). The minimum absolute atomic E-state index is 0. The topological polar surface area (TPSA) is 36.4 Å². The van der Waals surface area contributed by atoms with Gasteiger partial charge in [0, 0.05) is 25.4 Å². The van der Waals surface area contributed by atoms with Crippen LogP contribution in [0.5, 0.6) is 0 Å². The molecule has 0 aromatic heterocycles. The van der Waals surface area contributed by atoms with E-state index in [1.807, 2.05) is 18.8 Å². The molecule has 5 heteroatoms. The standard InChI is InChI=1S/C17H27N3S.HI/c1-13-9-14(2)11-15(10-13)6-7-19-17(18-3)20-16-5-4-8-21-12-16;/h9-11,16H,4-8,12H2,1-3H3,(H2,18,19,20);1H. The minimum Gasteiger partial charge on any atom is -0.356 e. The Labute approximate surface area is 156 Å². The van der Waals surface area contributed by atoms with Gasteiger partial charge in [-0.2, -0.15) is 11.8 Å². The highest BCUT2D eigenvalue weighted by molar-refractivity contribution is 14.0. The van der Waals surface area contributed by atoms with Gasteiger partial charge in [0.1, 0.15) is 0 Å². The van der Waals surface area contributed by atoms with Crippen molar-refractivity contribution in [1.29, 1.82) is 0 Å². The van der Waals surface area contributed by atoms with Gasteiger partial charge in [0.05, 0.1) is 0 Å². The highest BCUT2D eigenvalue weighted by Crippen LogP contribution is 2.16. The average molecular weight is 433 g/mol. The van der Waals surface area contributed by atoms with Crippen LogP contribution in [0, 0.1) is 13.8 Å². The fourth-order valence-corrected chi connectivity index (χ4v) is 3.85. The van der Waals surface area contributed by atoms with E-state index in [9.17, 15) is 0 Å². The molecular weight excluding hydrogens is 405 g/mol. The number of guanidine groups is 1. The van der Waals surface area contributed by atoms with Crippen molar-refractivity contribution >= 4 is 41.7 Å².